The number of nitrogens with zero attached hydrogens (tertiary/aromatic N) is 1. The second kappa shape index (κ2) is 7.96. The molecule has 1 N–H and O–H groups in total. The molecule has 0 aromatic heterocycles. The van der Waals surface area contributed by atoms with Gasteiger partial charge in [-0.3, -0.25) is 4.90 Å². The van der Waals surface area contributed by atoms with E-state index in [9.17, 15) is 9.50 Å². The van der Waals surface area contributed by atoms with Crippen molar-refractivity contribution in [1.82, 2.24) is 4.90 Å². The molecule has 29 heavy (non-hydrogen) atoms. The van der Waals surface area contributed by atoms with Crippen LogP contribution >= 0.6 is 0 Å². The average molecular weight is 400 g/mol. The first kappa shape index (κ1) is 20.2. The topological polar surface area (TPSA) is 41.9 Å². The van der Waals surface area contributed by atoms with Gasteiger partial charge in [-0.25, -0.2) is 4.39 Å². The van der Waals surface area contributed by atoms with Crippen molar-refractivity contribution in [2.24, 2.45) is 0 Å². The Balaban J connectivity index is 1.50. The predicted octanol–water partition coefficient (Wildman–Crippen LogP) is 4.64. The largest absolute Gasteiger partial charge is 0.493 e. The van der Waals surface area contributed by atoms with Crippen LogP contribution in [0.3, 0.4) is 0 Å². The normalized spacial score (nSPS) is 26.7. The van der Waals surface area contributed by atoms with Gasteiger partial charge >= 0.3 is 0 Å². The number of aliphatic hydroxyl groups is 1. The highest BCUT2D eigenvalue weighted by Gasteiger charge is 2.48. The van der Waals surface area contributed by atoms with E-state index < -0.39 is 5.60 Å². The molecule has 2 aromatic carbocycles. The molecule has 0 amide bonds. The number of ether oxygens (including phenoxy) is 2. The monoisotopic (exact) mass is 399 g/mol. The van der Waals surface area contributed by atoms with Crippen LogP contribution in [0.2, 0.25) is 0 Å². The molecule has 2 fully saturated rings. The van der Waals surface area contributed by atoms with Crippen LogP contribution in [0.4, 0.5) is 4.39 Å². The number of methoxy groups -OCH3 is 1. The smallest absolute Gasteiger partial charge is 0.161 e. The van der Waals surface area contributed by atoms with E-state index in [1.165, 1.54) is 17.7 Å². The van der Waals surface area contributed by atoms with Gasteiger partial charge in [0.2, 0.25) is 0 Å². The first-order chi connectivity index (χ1) is 13.9. The first-order valence-corrected chi connectivity index (χ1v) is 10.5. The van der Waals surface area contributed by atoms with Crippen LogP contribution in [0, 0.1) is 5.82 Å². The third kappa shape index (κ3) is 4.12. The summed E-state index contributed by atoms with van der Waals surface area (Å²) in [4.78, 5) is 2.51. The van der Waals surface area contributed by atoms with Crippen LogP contribution in [0.25, 0.3) is 0 Å². The molecule has 156 valence electrons. The maximum Gasteiger partial charge on any atom is 0.161 e. The highest BCUT2D eigenvalue weighted by molar-refractivity contribution is 5.43. The van der Waals surface area contributed by atoms with Gasteiger partial charge in [0.1, 0.15) is 5.82 Å². The van der Waals surface area contributed by atoms with E-state index in [-0.39, 0.29) is 11.9 Å². The van der Waals surface area contributed by atoms with E-state index in [1.807, 2.05) is 19.9 Å². The van der Waals surface area contributed by atoms with E-state index in [0.29, 0.717) is 24.9 Å². The van der Waals surface area contributed by atoms with Crippen molar-refractivity contribution in [3.8, 4) is 11.5 Å². The summed E-state index contributed by atoms with van der Waals surface area (Å²) in [5.74, 6) is 1.25. The van der Waals surface area contributed by atoms with E-state index in [1.54, 1.807) is 19.2 Å². The quantitative estimate of drug-likeness (QED) is 0.769. The molecule has 0 aliphatic carbocycles. The zero-order chi connectivity index (χ0) is 20.6. The van der Waals surface area contributed by atoms with Gasteiger partial charge in [-0.05, 0) is 74.9 Å². The lowest BCUT2D eigenvalue weighted by molar-refractivity contribution is -0.0595. The van der Waals surface area contributed by atoms with Crippen molar-refractivity contribution >= 4 is 0 Å². The average Bonchev–Trinajstić information content (AvgIpc) is 2.93. The number of halogens is 1. The first-order valence-electron chi connectivity index (χ1n) is 10.5. The highest BCUT2D eigenvalue weighted by Crippen LogP contribution is 2.46. The molecule has 4 nitrogen and oxygen atoms in total. The lowest BCUT2D eigenvalue weighted by Gasteiger charge is -2.44. The highest BCUT2D eigenvalue weighted by atomic mass is 19.1. The standard InChI is InChI=1S/C24H30FNO3/c1-16(2)29-22-11-4-17(12-23(22)28-3)15-26-20-9-10-21(26)14-24(27,13-20)18-5-7-19(25)8-6-18/h4-8,11-12,16,20-21,27H,9-10,13-15H2,1-3H3/t20-,21+,24?. The molecule has 3 atom stereocenters. The van der Waals surface area contributed by atoms with Crippen molar-refractivity contribution in [2.75, 3.05) is 7.11 Å². The van der Waals surface area contributed by atoms with Gasteiger partial charge in [0, 0.05) is 18.6 Å². The maximum atomic E-state index is 13.3. The summed E-state index contributed by atoms with van der Waals surface area (Å²) >= 11 is 0. The molecule has 2 aliphatic heterocycles. The second-order valence-corrected chi connectivity index (χ2v) is 8.66. The fourth-order valence-electron chi connectivity index (χ4n) is 4.94. The summed E-state index contributed by atoms with van der Waals surface area (Å²) in [6.45, 7) is 4.83. The summed E-state index contributed by atoms with van der Waals surface area (Å²) in [6.07, 6.45) is 3.62. The summed E-state index contributed by atoms with van der Waals surface area (Å²) < 4.78 is 24.7. The Kier molecular flexibility index (Phi) is 5.54. The van der Waals surface area contributed by atoms with Crippen LogP contribution < -0.4 is 9.47 Å². The lowest BCUT2D eigenvalue weighted by Crippen LogP contribution is -2.49. The fourth-order valence-corrected chi connectivity index (χ4v) is 4.94. The Morgan fingerprint density at radius 1 is 1.07 bits per heavy atom. The van der Waals surface area contributed by atoms with Crippen molar-refractivity contribution in [3.05, 3.63) is 59.4 Å². The lowest BCUT2D eigenvalue weighted by atomic mass is 9.80. The van der Waals surface area contributed by atoms with Crippen molar-refractivity contribution < 1.29 is 19.0 Å². The predicted molar refractivity (Wildman–Crippen MR) is 111 cm³/mol. The van der Waals surface area contributed by atoms with Crippen LogP contribution in [0.5, 0.6) is 11.5 Å². The third-order valence-electron chi connectivity index (χ3n) is 6.26. The summed E-state index contributed by atoms with van der Waals surface area (Å²) in [5.41, 5.74) is 1.14. The molecule has 0 radical (unpaired) electrons. The summed E-state index contributed by atoms with van der Waals surface area (Å²) in [6, 6.07) is 13.1. The van der Waals surface area contributed by atoms with Crippen LogP contribution in [0.15, 0.2) is 42.5 Å². The number of hydrogen-bond acceptors (Lipinski definition) is 4. The Labute approximate surface area is 172 Å². The third-order valence-corrected chi connectivity index (χ3v) is 6.26. The number of benzene rings is 2. The molecule has 2 heterocycles. The van der Waals surface area contributed by atoms with Crippen LogP contribution in [-0.4, -0.2) is 35.3 Å². The van der Waals surface area contributed by atoms with E-state index in [2.05, 4.69) is 17.0 Å². The molecule has 4 rings (SSSR count). The Hall–Kier alpha value is -2.11. The zero-order valence-electron chi connectivity index (χ0n) is 17.4. The molecular formula is C24H30FNO3. The minimum Gasteiger partial charge on any atom is -0.493 e. The van der Waals surface area contributed by atoms with Crippen molar-refractivity contribution in [3.63, 3.8) is 0 Å². The second-order valence-electron chi connectivity index (χ2n) is 8.66. The SMILES string of the molecule is COc1cc(CN2[C@@H]3CC[C@H]2CC(O)(c2ccc(F)cc2)C3)ccc1OC(C)C. The van der Waals surface area contributed by atoms with Gasteiger partial charge in [-0.1, -0.05) is 18.2 Å². The molecule has 5 heteroatoms. The maximum absolute atomic E-state index is 13.3. The molecule has 2 saturated heterocycles. The number of rotatable bonds is 6. The van der Waals surface area contributed by atoms with E-state index in [4.69, 9.17) is 9.47 Å². The molecule has 2 aliphatic rings. The van der Waals surface area contributed by atoms with Crippen molar-refractivity contribution in [2.45, 2.75) is 69.9 Å². The van der Waals surface area contributed by atoms with Crippen LogP contribution in [0.1, 0.15) is 50.7 Å². The summed E-state index contributed by atoms with van der Waals surface area (Å²) in [7, 11) is 1.67. The van der Waals surface area contributed by atoms with Gasteiger partial charge < -0.3 is 14.6 Å². The number of hydrogen-bond donors (Lipinski definition) is 1. The molecule has 0 spiro atoms. The molecule has 1 unspecified atom stereocenters. The zero-order valence-corrected chi connectivity index (χ0v) is 17.4. The fraction of sp³-hybridized carbons (Fsp3) is 0.500. The number of piperidine rings is 1. The Bertz CT molecular complexity index is 838. The molecule has 2 bridgehead atoms. The number of fused-ring (bicyclic) bond motifs is 2. The van der Waals surface area contributed by atoms with Gasteiger partial charge in [0.05, 0.1) is 18.8 Å². The molecule has 2 aromatic rings. The Morgan fingerprint density at radius 3 is 2.31 bits per heavy atom. The van der Waals surface area contributed by atoms with Crippen molar-refractivity contribution in [1.29, 1.82) is 0 Å². The summed E-state index contributed by atoms with van der Waals surface area (Å²) in [5, 5.41) is 11.3. The van der Waals surface area contributed by atoms with Crippen LogP contribution in [-0.2, 0) is 12.1 Å². The van der Waals surface area contributed by atoms with E-state index in [0.717, 1.165) is 36.4 Å². The van der Waals surface area contributed by atoms with Gasteiger partial charge in [0.15, 0.2) is 11.5 Å². The minimum atomic E-state index is -0.872. The molecular weight excluding hydrogens is 369 g/mol. The van der Waals surface area contributed by atoms with E-state index >= 15 is 0 Å². The minimum absolute atomic E-state index is 0.0943. The van der Waals surface area contributed by atoms with Gasteiger partial charge in [0.25, 0.3) is 0 Å². The molecule has 0 saturated carbocycles. The van der Waals surface area contributed by atoms with Gasteiger partial charge in [-0.15, -0.1) is 0 Å². The Morgan fingerprint density at radius 2 is 1.72 bits per heavy atom. The van der Waals surface area contributed by atoms with Gasteiger partial charge in [-0.2, -0.15) is 0 Å².